The highest BCUT2D eigenvalue weighted by atomic mass is 16.5. The fraction of sp³-hybridized carbons (Fsp3) is 0.750. The molecule has 0 saturated carbocycles. The fourth-order valence-corrected chi connectivity index (χ4v) is 1.47. The minimum atomic E-state index is -2.62. The van der Waals surface area contributed by atoms with Crippen LogP contribution in [0.15, 0.2) is 0 Å². The summed E-state index contributed by atoms with van der Waals surface area (Å²) in [7, 11) is 0. The second-order valence-electron chi connectivity index (χ2n) is 4.37. The molecule has 0 bridgehead atoms. The molecule has 7 heteroatoms. The maximum Gasteiger partial charge on any atom is 0.336 e. The van der Waals surface area contributed by atoms with Crippen molar-refractivity contribution in [2.24, 2.45) is 0 Å². The Morgan fingerprint density at radius 1 is 1.05 bits per heavy atom. The second-order valence-corrected chi connectivity index (χ2v) is 4.37. The predicted molar refractivity (Wildman–Crippen MR) is 64.6 cm³/mol. The van der Waals surface area contributed by atoms with Crippen LogP contribution in [0.4, 0.5) is 0 Å². The standard InChI is InChI=1S/C12H20O7/c1-2-3-4-5-6-19-10(15)8-12(18,11(16)17)7-9(13)14/h18H,2-8H2,1H3,(H,13,14)(H,16,17). The Kier molecular flexibility index (Phi) is 7.74. The van der Waals surface area contributed by atoms with Crippen molar-refractivity contribution < 1.29 is 34.4 Å². The zero-order valence-electron chi connectivity index (χ0n) is 10.9. The molecule has 0 aromatic carbocycles. The van der Waals surface area contributed by atoms with Crippen molar-refractivity contribution in [1.82, 2.24) is 0 Å². The summed E-state index contributed by atoms with van der Waals surface area (Å²) in [6, 6.07) is 0. The van der Waals surface area contributed by atoms with Crippen LogP contribution < -0.4 is 0 Å². The number of hydrogen-bond donors (Lipinski definition) is 3. The highest BCUT2D eigenvalue weighted by Gasteiger charge is 2.41. The molecule has 3 N–H and O–H groups in total. The van der Waals surface area contributed by atoms with E-state index in [0.717, 1.165) is 19.3 Å². The number of ether oxygens (including phenoxy) is 1. The molecule has 0 aromatic heterocycles. The van der Waals surface area contributed by atoms with Crippen LogP contribution in [0.5, 0.6) is 0 Å². The summed E-state index contributed by atoms with van der Waals surface area (Å²) in [6.07, 6.45) is 1.67. The number of rotatable bonds is 10. The Morgan fingerprint density at radius 3 is 2.16 bits per heavy atom. The molecule has 0 spiro atoms. The number of carbonyl (C=O) groups excluding carboxylic acids is 1. The Bertz CT molecular complexity index is 326. The van der Waals surface area contributed by atoms with Gasteiger partial charge in [-0.3, -0.25) is 9.59 Å². The summed E-state index contributed by atoms with van der Waals surface area (Å²) < 4.78 is 4.76. The van der Waals surface area contributed by atoms with E-state index in [-0.39, 0.29) is 6.61 Å². The Hall–Kier alpha value is -1.63. The van der Waals surface area contributed by atoms with E-state index in [0.29, 0.717) is 6.42 Å². The van der Waals surface area contributed by atoms with Crippen LogP contribution in [-0.2, 0) is 19.1 Å². The normalized spacial score (nSPS) is 13.6. The zero-order chi connectivity index (χ0) is 14.9. The smallest absolute Gasteiger partial charge is 0.336 e. The van der Waals surface area contributed by atoms with Gasteiger partial charge in [-0.1, -0.05) is 26.2 Å². The SMILES string of the molecule is CCCCCCOC(=O)CC(O)(CC(=O)O)C(=O)O. The first-order valence-electron chi connectivity index (χ1n) is 6.15. The molecule has 0 radical (unpaired) electrons. The van der Waals surface area contributed by atoms with Gasteiger partial charge in [0.1, 0.15) is 0 Å². The average Bonchev–Trinajstić information content (AvgIpc) is 2.27. The van der Waals surface area contributed by atoms with Crippen molar-refractivity contribution in [2.75, 3.05) is 6.61 Å². The number of carbonyl (C=O) groups is 3. The van der Waals surface area contributed by atoms with E-state index in [1.165, 1.54) is 0 Å². The lowest BCUT2D eigenvalue weighted by Crippen LogP contribution is -2.43. The van der Waals surface area contributed by atoms with E-state index in [4.69, 9.17) is 14.9 Å². The van der Waals surface area contributed by atoms with Crippen LogP contribution in [0.1, 0.15) is 45.4 Å². The third kappa shape index (κ3) is 7.40. The van der Waals surface area contributed by atoms with Crippen LogP contribution in [0.2, 0.25) is 0 Å². The summed E-state index contributed by atoms with van der Waals surface area (Å²) in [4.78, 5) is 32.6. The Labute approximate surface area is 111 Å². The molecular weight excluding hydrogens is 256 g/mol. The molecule has 19 heavy (non-hydrogen) atoms. The van der Waals surface area contributed by atoms with Crippen LogP contribution >= 0.6 is 0 Å². The van der Waals surface area contributed by atoms with E-state index in [1.807, 2.05) is 6.92 Å². The number of carboxylic acid groups (broad SMARTS) is 2. The summed E-state index contributed by atoms with van der Waals surface area (Å²) in [6.45, 7) is 2.17. The van der Waals surface area contributed by atoms with Gasteiger partial charge in [-0.15, -0.1) is 0 Å². The van der Waals surface area contributed by atoms with Gasteiger partial charge < -0.3 is 20.1 Å². The first-order valence-corrected chi connectivity index (χ1v) is 6.15. The number of hydrogen-bond acceptors (Lipinski definition) is 5. The van der Waals surface area contributed by atoms with Gasteiger partial charge in [0, 0.05) is 0 Å². The lowest BCUT2D eigenvalue weighted by Gasteiger charge is -2.20. The van der Waals surface area contributed by atoms with Crippen molar-refractivity contribution in [3.63, 3.8) is 0 Å². The molecule has 0 saturated heterocycles. The van der Waals surface area contributed by atoms with E-state index < -0.39 is 36.4 Å². The first-order chi connectivity index (χ1) is 8.81. The molecule has 0 aliphatic rings. The van der Waals surface area contributed by atoms with E-state index in [9.17, 15) is 19.5 Å². The highest BCUT2D eigenvalue weighted by Crippen LogP contribution is 2.17. The predicted octanol–water partition coefficient (Wildman–Crippen LogP) is 0.790. The van der Waals surface area contributed by atoms with Gasteiger partial charge in [0.25, 0.3) is 0 Å². The van der Waals surface area contributed by atoms with Gasteiger partial charge in [0.2, 0.25) is 0 Å². The summed E-state index contributed by atoms with van der Waals surface area (Å²) in [5, 5.41) is 26.8. The van der Waals surface area contributed by atoms with Crippen LogP contribution in [-0.4, -0.2) is 45.4 Å². The van der Waals surface area contributed by atoms with Gasteiger partial charge in [-0.25, -0.2) is 4.79 Å². The molecular formula is C12H20O7. The minimum absolute atomic E-state index is 0.140. The monoisotopic (exact) mass is 276 g/mol. The van der Waals surface area contributed by atoms with Gasteiger partial charge in [-0.05, 0) is 6.42 Å². The van der Waals surface area contributed by atoms with Crippen molar-refractivity contribution in [2.45, 2.75) is 51.0 Å². The fourth-order valence-electron chi connectivity index (χ4n) is 1.47. The van der Waals surface area contributed by atoms with Crippen LogP contribution in [0.3, 0.4) is 0 Å². The third-order valence-electron chi connectivity index (χ3n) is 2.54. The zero-order valence-corrected chi connectivity index (χ0v) is 10.9. The molecule has 0 aliphatic carbocycles. The lowest BCUT2D eigenvalue weighted by molar-refractivity contribution is -0.172. The number of unbranched alkanes of at least 4 members (excludes halogenated alkanes) is 3. The van der Waals surface area contributed by atoms with Crippen molar-refractivity contribution in [1.29, 1.82) is 0 Å². The summed E-state index contributed by atoms with van der Waals surface area (Å²) >= 11 is 0. The third-order valence-corrected chi connectivity index (χ3v) is 2.54. The van der Waals surface area contributed by atoms with E-state index in [2.05, 4.69) is 0 Å². The van der Waals surface area contributed by atoms with Crippen LogP contribution in [0, 0.1) is 0 Å². The maximum absolute atomic E-state index is 11.3. The second kappa shape index (κ2) is 8.47. The van der Waals surface area contributed by atoms with Gasteiger partial charge >= 0.3 is 17.9 Å². The molecule has 0 aliphatic heterocycles. The first kappa shape index (κ1) is 17.4. The molecule has 0 fully saturated rings. The topological polar surface area (TPSA) is 121 Å². The van der Waals surface area contributed by atoms with Gasteiger partial charge in [0.15, 0.2) is 5.60 Å². The summed E-state index contributed by atoms with van der Waals surface area (Å²) in [5.41, 5.74) is -2.62. The number of aliphatic hydroxyl groups is 1. The van der Waals surface area contributed by atoms with Gasteiger partial charge in [0.05, 0.1) is 19.4 Å². The van der Waals surface area contributed by atoms with Crippen molar-refractivity contribution in [3.05, 3.63) is 0 Å². The average molecular weight is 276 g/mol. The van der Waals surface area contributed by atoms with Gasteiger partial charge in [-0.2, -0.15) is 0 Å². The van der Waals surface area contributed by atoms with Crippen molar-refractivity contribution in [3.8, 4) is 0 Å². The van der Waals surface area contributed by atoms with E-state index in [1.54, 1.807) is 0 Å². The summed E-state index contributed by atoms with van der Waals surface area (Å²) in [5.74, 6) is -4.17. The largest absolute Gasteiger partial charge is 0.481 e. The van der Waals surface area contributed by atoms with Crippen LogP contribution in [0.25, 0.3) is 0 Å². The highest BCUT2D eigenvalue weighted by molar-refractivity contribution is 5.88. The Balaban J connectivity index is 4.18. The van der Waals surface area contributed by atoms with Crippen molar-refractivity contribution >= 4 is 17.9 Å². The molecule has 7 nitrogen and oxygen atoms in total. The molecule has 110 valence electrons. The maximum atomic E-state index is 11.3. The number of esters is 1. The number of aliphatic carboxylic acids is 2. The Morgan fingerprint density at radius 2 is 1.68 bits per heavy atom. The molecule has 0 aromatic rings. The molecule has 1 unspecified atom stereocenters. The minimum Gasteiger partial charge on any atom is -0.481 e. The molecule has 0 rings (SSSR count). The van der Waals surface area contributed by atoms with E-state index >= 15 is 0 Å². The lowest BCUT2D eigenvalue weighted by atomic mass is 9.96. The molecule has 1 atom stereocenters. The number of carboxylic acids is 2. The molecule has 0 heterocycles. The quantitative estimate of drug-likeness (QED) is 0.398. The molecule has 0 amide bonds.